The lowest BCUT2D eigenvalue weighted by atomic mass is 10.1. The van der Waals surface area contributed by atoms with Gasteiger partial charge in [-0.2, -0.15) is 0 Å². The van der Waals surface area contributed by atoms with Crippen LogP contribution in [0.1, 0.15) is 11.4 Å². The maximum absolute atomic E-state index is 11.2. The lowest BCUT2D eigenvalue weighted by molar-refractivity contribution is -0.383. The van der Waals surface area contributed by atoms with Crippen molar-refractivity contribution in [2.45, 2.75) is 13.5 Å². The SMILES string of the molecule is Cc1cccc2nc(CNc3ccc([N+](=O)[O-])c4cccnc34)n(C)c12. The van der Waals surface area contributed by atoms with Crippen LogP contribution in [-0.4, -0.2) is 19.5 Å². The van der Waals surface area contributed by atoms with E-state index in [2.05, 4.69) is 32.8 Å². The van der Waals surface area contributed by atoms with Gasteiger partial charge in [0.05, 0.1) is 33.6 Å². The number of aromatic nitrogens is 3. The zero-order chi connectivity index (χ0) is 18.3. The first kappa shape index (κ1) is 16.0. The van der Waals surface area contributed by atoms with Crippen LogP contribution in [0, 0.1) is 17.0 Å². The number of aryl methyl sites for hydroxylation is 2. The minimum atomic E-state index is -0.387. The highest BCUT2D eigenvalue weighted by molar-refractivity contribution is 5.96. The number of benzene rings is 2. The number of para-hydroxylation sites is 1. The zero-order valence-corrected chi connectivity index (χ0v) is 14.4. The average molecular weight is 347 g/mol. The lowest BCUT2D eigenvalue weighted by Gasteiger charge is -2.10. The smallest absolute Gasteiger partial charge is 0.278 e. The molecule has 2 aromatic heterocycles. The van der Waals surface area contributed by atoms with Crippen LogP contribution in [0.3, 0.4) is 0 Å². The highest BCUT2D eigenvalue weighted by Crippen LogP contribution is 2.30. The Bertz CT molecular complexity index is 1150. The van der Waals surface area contributed by atoms with Gasteiger partial charge in [0.1, 0.15) is 11.3 Å². The molecule has 0 radical (unpaired) electrons. The van der Waals surface area contributed by atoms with E-state index in [0.717, 1.165) is 22.5 Å². The first-order valence-electron chi connectivity index (χ1n) is 8.23. The summed E-state index contributed by atoms with van der Waals surface area (Å²) < 4.78 is 2.07. The van der Waals surface area contributed by atoms with Crippen molar-refractivity contribution in [2.24, 2.45) is 7.05 Å². The number of nitrogens with one attached hydrogen (secondary N) is 1. The number of rotatable bonds is 4. The van der Waals surface area contributed by atoms with Gasteiger partial charge in [0.2, 0.25) is 0 Å². The normalized spacial score (nSPS) is 11.2. The van der Waals surface area contributed by atoms with Crippen LogP contribution in [-0.2, 0) is 13.6 Å². The van der Waals surface area contributed by atoms with Gasteiger partial charge in [0.15, 0.2) is 0 Å². The molecular weight excluding hydrogens is 330 g/mol. The molecule has 2 aromatic carbocycles. The Balaban J connectivity index is 1.71. The standard InChI is InChI=1S/C19H17N5O2/c1-12-5-3-7-15-19(12)23(2)17(22-15)11-21-14-8-9-16(24(25)26)13-6-4-10-20-18(13)14/h3-10,21H,11H2,1-2H3. The van der Waals surface area contributed by atoms with E-state index < -0.39 is 0 Å². The number of fused-ring (bicyclic) bond motifs is 2. The Labute approximate surface area is 149 Å². The predicted octanol–water partition coefficient (Wildman–Crippen LogP) is 3.95. The number of pyridine rings is 1. The Morgan fingerprint density at radius 1 is 1.19 bits per heavy atom. The molecule has 0 unspecified atom stereocenters. The first-order valence-corrected chi connectivity index (χ1v) is 8.23. The molecule has 0 saturated carbocycles. The van der Waals surface area contributed by atoms with Crippen LogP contribution in [0.4, 0.5) is 11.4 Å². The van der Waals surface area contributed by atoms with Gasteiger partial charge < -0.3 is 9.88 Å². The molecule has 7 nitrogen and oxygen atoms in total. The van der Waals surface area contributed by atoms with Crippen LogP contribution in [0.25, 0.3) is 21.9 Å². The molecule has 130 valence electrons. The van der Waals surface area contributed by atoms with Crippen molar-refractivity contribution in [1.82, 2.24) is 14.5 Å². The van der Waals surface area contributed by atoms with E-state index in [1.165, 1.54) is 11.6 Å². The fourth-order valence-corrected chi connectivity index (χ4v) is 3.31. The summed E-state index contributed by atoms with van der Waals surface area (Å²) in [6.07, 6.45) is 1.63. The molecule has 0 atom stereocenters. The highest BCUT2D eigenvalue weighted by atomic mass is 16.6. The summed E-state index contributed by atoms with van der Waals surface area (Å²) in [5.74, 6) is 0.886. The van der Waals surface area contributed by atoms with E-state index >= 15 is 0 Å². The van der Waals surface area contributed by atoms with Gasteiger partial charge >= 0.3 is 0 Å². The van der Waals surface area contributed by atoms with Crippen molar-refractivity contribution in [3.63, 3.8) is 0 Å². The predicted molar refractivity (Wildman–Crippen MR) is 101 cm³/mol. The van der Waals surface area contributed by atoms with E-state index in [-0.39, 0.29) is 10.6 Å². The second-order valence-corrected chi connectivity index (χ2v) is 6.17. The first-order chi connectivity index (χ1) is 12.6. The van der Waals surface area contributed by atoms with Crippen molar-refractivity contribution in [1.29, 1.82) is 0 Å². The monoisotopic (exact) mass is 347 g/mol. The average Bonchev–Trinajstić information content (AvgIpc) is 2.96. The van der Waals surface area contributed by atoms with Crippen molar-refractivity contribution in [2.75, 3.05) is 5.32 Å². The van der Waals surface area contributed by atoms with Crippen LogP contribution in [0.2, 0.25) is 0 Å². The molecule has 7 heteroatoms. The number of nitrogens with zero attached hydrogens (tertiary/aromatic N) is 4. The molecule has 26 heavy (non-hydrogen) atoms. The highest BCUT2D eigenvalue weighted by Gasteiger charge is 2.15. The molecule has 0 spiro atoms. The second kappa shape index (κ2) is 6.11. The molecule has 0 aliphatic heterocycles. The van der Waals surface area contributed by atoms with Crippen molar-refractivity contribution in [3.8, 4) is 0 Å². The van der Waals surface area contributed by atoms with Gasteiger partial charge in [0.25, 0.3) is 5.69 Å². The number of hydrogen-bond acceptors (Lipinski definition) is 5. The van der Waals surface area contributed by atoms with Gasteiger partial charge in [0, 0.05) is 19.3 Å². The van der Waals surface area contributed by atoms with Crippen molar-refractivity contribution < 1.29 is 4.92 Å². The second-order valence-electron chi connectivity index (χ2n) is 6.17. The number of anilines is 1. The van der Waals surface area contributed by atoms with Crippen LogP contribution in [0.15, 0.2) is 48.7 Å². The van der Waals surface area contributed by atoms with Gasteiger partial charge in [-0.25, -0.2) is 4.98 Å². The Morgan fingerprint density at radius 3 is 2.81 bits per heavy atom. The maximum Gasteiger partial charge on any atom is 0.278 e. The van der Waals surface area contributed by atoms with Crippen LogP contribution >= 0.6 is 0 Å². The molecule has 0 fully saturated rings. The lowest BCUT2D eigenvalue weighted by Crippen LogP contribution is -2.07. The molecule has 4 rings (SSSR count). The summed E-state index contributed by atoms with van der Waals surface area (Å²) in [6, 6.07) is 12.7. The fourth-order valence-electron chi connectivity index (χ4n) is 3.31. The third-order valence-electron chi connectivity index (χ3n) is 4.57. The molecule has 0 aliphatic rings. The minimum absolute atomic E-state index is 0.0528. The van der Waals surface area contributed by atoms with Crippen molar-refractivity contribution in [3.05, 3.63) is 70.2 Å². The minimum Gasteiger partial charge on any atom is -0.376 e. The van der Waals surface area contributed by atoms with Gasteiger partial charge in [-0.15, -0.1) is 0 Å². The van der Waals surface area contributed by atoms with E-state index in [9.17, 15) is 10.1 Å². The number of non-ortho nitro benzene ring substituents is 1. The summed E-state index contributed by atoms with van der Waals surface area (Å²) in [6.45, 7) is 2.56. The Kier molecular flexibility index (Phi) is 3.76. The van der Waals surface area contributed by atoms with E-state index in [0.29, 0.717) is 17.4 Å². The summed E-state index contributed by atoms with van der Waals surface area (Å²) in [7, 11) is 1.99. The quantitative estimate of drug-likeness (QED) is 0.446. The third-order valence-corrected chi connectivity index (χ3v) is 4.57. The van der Waals surface area contributed by atoms with E-state index in [1.807, 2.05) is 19.2 Å². The van der Waals surface area contributed by atoms with Crippen LogP contribution in [0.5, 0.6) is 0 Å². The Hall–Kier alpha value is -3.48. The third kappa shape index (κ3) is 2.54. The van der Waals surface area contributed by atoms with Crippen LogP contribution < -0.4 is 5.32 Å². The summed E-state index contributed by atoms with van der Waals surface area (Å²) >= 11 is 0. The Morgan fingerprint density at radius 2 is 2.04 bits per heavy atom. The molecular formula is C19H17N5O2. The number of imidazole rings is 1. The molecule has 2 heterocycles. The molecule has 0 saturated heterocycles. The molecule has 4 aromatic rings. The topological polar surface area (TPSA) is 85.9 Å². The zero-order valence-electron chi connectivity index (χ0n) is 14.4. The molecule has 0 bridgehead atoms. The maximum atomic E-state index is 11.2. The fraction of sp³-hybridized carbons (Fsp3) is 0.158. The van der Waals surface area contributed by atoms with Crippen molar-refractivity contribution >= 4 is 33.3 Å². The molecule has 0 aliphatic carbocycles. The summed E-state index contributed by atoms with van der Waals surface area (Å²) in [4.78, 5) is 19.8. The van der Waals surface area contributed by atoms with Gasteiger partial charge in [-0.1, -0.05) is 12.1 Å². The largest absolute Gasteiger partial charge is 0.376 e. The summed E-state index contributed by atoms with van der Waals surface area (Å²) in [5, 5.41) is 15.1. The number of nitro groups is 1. The summed E-state index contributed by atoms with van der Waals surface area (Å²) in [5.41, 5.74) is 4.61. The van der Waals surface area contributed by atoms with E-state index in [4.69, 9.17) is 0 Å². The van der Waals surface area contributed by atoms with Gasteiger partial charge in [-0.05, 0) is 36.8 Å². The molecule has 1 N–H and O–H groups in total. The van der Waals surface area contributed by atoms with Gasteiger partial charge in [-0.3, -0.25) is 15.1 Å². The number of nitro benzene ring substituents is 1. The van der Waals surface area contributed by atoms with E-state index in [1.54, 1.807) is 24.4 Å². The molecule has 0 amide bonds. The number of hydrogen-bond donors (Lipinski definition) is 1.